The Kier molecular flexibility index (Phi) is 4.70. The smallest absolute Gasteiger partial charge is 0.332 e. The van der Waals surface area contributed by atoms with E-state index in [0.717, 1.165) is 10.4 Å². The van der Waals surface area contributed by atoms with Crippen molar-refractivity contribution in [3.8, 4) is 0 Å². The normalized spacial score (nSPS) is 15.3. The fourth-order valence-corrected chi connectivity index (χ4v) is 2.44. The number of hydrogen-bond acceptors (Lipinski definition) is 2. The lowest BCUT2D eigenvalue weighted by Crippen LogP contribution is -2.28. The zero-order chi connectivity index (χ0) is 16.9. The summed E-state index contributed by atoms with van der Waals surface area (Å²) in [7, 11) is -2.73. The predicted octanol–water partition coefficient (Wildman–Crippen LogP) is 4.59. The van der Waals surface area contributed by atoms with Gasteiger partial charge < -0.3 is 4.81 Å². The molecule has 2 aromatic carbocycles. The molecule has 0 spiro atoms. The van der Waals surface area contributed by atoms with Gasteiger partial charge in [0, 0.05) is 23.5 Å². The fraction of sp³-hybridized carbons (Fsp3) is 0. The lowest BCUT2D eigenvalue weighted by Gasteiger charge is -2.23. The molecule has 2 aromatic rings. The number of carbonyl (C=O) groups is 1. The molecule has 24 heavy (non-hydrogen) atoms. The molecule has 0 saturated carbocycles. The van der Waals surface area contributed by atoms with E-state index in [1.165, 1.54) is 18.4 Å². The lowest BCUT2D eigenvalue weighted by molar-refractivity contribution is 0.104. The Morgan fingerprint density at radius 3 is 2.17 bits per heavy atom. The van der Waals surface area contributed by atoms with Gasteiger partial charge in [-0.2, -0.15) is 0 Å². The summed E-state index contributed by atoms with van der Waals surface area (Å²) in [4.78, 5) is 13.0. The standard InChI is InChI=1S/C19H14BF2NO/c21-20(22)23-14-17(15-7-3-1-4-8-15)11-12-18(23)13-19(24)16-9-5-2-6-10-16/h1-14H/b18-13+. The highest BCUT2D eigenvalue weighted by Gasteiger charge is 2.27. The second kappa shape index (κ2) is 7.09. The van der Waals surface area contributed by atoms with E-state index in [1.54, 1.807) is 36.4 Å². The van der Waals surface area contributed by atoms with Crippen LogP contribution in [0.25, 0.3) is 5.57 Å². The van der Waals surface area contributed by atoms with Gasteiger partial charge in [0.1, 0.15) is 0 Å². The summed E-state index contributed by atoms with van der Waals surface area (Å²) < 4.78 is 26.8. The van der Waals surface area contributed by atoms with Crippen molar-refractivity contribution in [2.45, 2.75) is 0 Å². The topological polar surface area (TPSA) is 20.3 Å². The molecule has 2 nitrogen and oxygen atoms in total. The van der Waals surface area contributed by atoms with Crippen molar-refractivity contribution in [3.05, 3.63) is 102 Å². The predicted molar refractivity (Wildman–Crippen MR) is 92.2 cm³/mol. The summed E-state index contributed by atoms with van der Waals surface area (Å²) in [5.41, 5.74) is 2.14. The largest absolute Gasteiger partial charge is 0.677 e. The molecule has 3 rings (SSSR count). The van der Waals surface area contributed by atoms with Gasteiger partial charge in [-0.3, -0.25) is 13.4 Å². The van der Waals surface area contributed by atoms with E-state index in [9.17, 15) is 13.4 Å². The minimum Gasteiger partial charge on any atom is -0.332 e. The Balaban J connectivity index is 1.91. The third kappa shape index (κ3) is 3.51. The highest BCUT2D eigenvalue weighted by Crippen LogP contribution is 2.26. The van der Waals surface area contributed by atoms with Crippen molar-refractivity contribution in [3.63, 3.8) is 0 Å². The van der Waals surface area contributed by atoms with Gasteiger partial charge >= 0.3 is 7.40 Å². The molecule has 1 heterocycles. The van der Waals surface area contributed by atoms with E-state index in [-0.39, 0.29) is 11.5 Å². The highest BCUT2D eigenvalue weighted by atomic mass is 19.2. The molecule has 0 amide bonds. The van der Waals surface area contributed by atoms with E-state index < -0.39 is 7.40 Å². The first-order valence-electron chi connectivity index (χ1n) is 7.48. The van der Waals surface area contributed by atoms with Crippen LogP contribution in [0.15, 0.2) is 90.8 Å². The summed E-state index contributed by atoms with van der Waals surface area (Å²) in [5, 5.41) is 0. The molecule has 0 radical (unpaired) electrons. The van der Waals surface area contributed by atoms with Crippen LogP contribution in [0.5, 0.6) is 0 Å². The second-order valence-electron chi connectivity index (χ2n) is 5.27. The molecule has 0 bridgehead atoms. The Labute approximate surface area is 139 Å². The molecule has 1 aliphatic heterocycles. The number of nitrogens with zero attached hydrogens (tertiary/aromatic N) is 1. The Hall–Kier alpha value is -2.95. The lowest BCUT2D eigenvalue weighted by atomic mass is 9.98. The zero-order valence-corrected chi connectivity index (χ0v) is 12.8. The summed E-state index contributed by atoms with van der Waals surface area (Å²) in [6.07, 6.45) is 5.87. The van der Waals surface area contributed by atoms with Crippen LogP contribution in [0.3, 0.4) is 0 Å². The molecule has 0 fully saturated rings. The van der Waals surface area contributed by atoms with Crippen LogP contribution in [0.1, 0.15) is 15.9 Å². The SMILES string of the molecule is O=C(/C=C1\C=CC(c2ccccc2)=CN1B(F)F)c1ccccc1. The van der Waals surface area contributed by atoms with Crippen LogP contribution in [-0.2, 0) is 0 Å². The number of halogens is 2. The van der Waals surface area contributed by atoms with E-state index in [2.05, 4.69) is 0 Å². The van der Waals surface area contributed by atoms with E-state index >= 15 is 0 Å². The van der Waals surface area contributed by atoms with Crippen molar-refractivity contribution in [1.29, 1.82) is 0 Å². The average molecular weight is 321 g/mol. The minimum atomic E-state index is -2.73. The molecule has 1 aliphatic rings. The van der Waals surface area contributed by atoms with Crippen LogP contribution in [0.2, 0.25) is 0 Å². The maximum Gasteiger partial charge on any atom is 0.677 e. The zero-order valence-electron chi connectivity index (χ0n) is 12.8. The quantitative estimate of drug-likeness (QED) is 0.466. The Bertz CT molecular complexity index is 814. The highest BCUT2D eigenvalue weighted by molar-refractivity contribution is 6.40. The van der Waals surface area contributed by atoms with Crippen LogP contribution < -0.4 is 0 Å². The van der Waals surface area contributed by atoms with Gasteiger partial charge in [0.2, 0.25) is 0 Å². The molecule has 0 atom stereocenters. The number of rotatable bonds is 4. The van der Waals surface area contributed by atoms with Crippen LogP contribution in [0, 0.1) is 0 Å². The summed E-state index contributed by atoms with van der Waals surface area (Å²) in [6, 6.07) is 17.8. The Morgan fingerprint density at radius 1 is 0.917 bits per heavy atom. The van der Waals surface area contributed by atoms with Crippen molar-refractivity contribution >= 4 is 18.8 Å². The number of hydrogen-bond donors (Lipinski definition) is 0. The maximum atomic E-state index is 13.4. The third-order valence-electron chi connectivity index (χ3n) is 3.66. The first-order chi connectivity index (χ1) is 11.6. The number of allylic oxidation sites excluding steroid dienone is 4. The fourth-order valence-electron chi connectivity index (χ4n) is 2.44. The number of carbonyl (C=O) groups excluding carboxylic acids is 1. The van der Waals surface area contributed by atoms with Gasteiger partial charge in [-0.05, 0) is 17.2 Å². The second-order valence-corrected chi connectivity index (χ2v) is 5.27. The molecule has 5 heteroatoms. The molecule has 0 saturated heterocycles. The van der Waals surface area contributed by atoms with Crippen molar-refractivity contribution in [2.24, 2.45) is 0 Å². The Morgan fingerprint density at radius 2 is 1.54 bits per heavy atom. The molecule has 0 aliphatic carbocycles. The van der Waals surface area contributed by atoms with Gasteiger partial charge in [-0.25, -0.2) is 0 Å². The molecular weight excluding hydrogens is 307 g/mol. The van der Waals surface area contributed by atoms with Crippen LogP contribution in [-0.4, -0.2) is 18.0 Å². The molecule has 118 valence electrons. The van der Waals surface area contributed by atoms with E-state index in [4.69, 9.17) is 0 Å². The monoisotopic (exact) mass is 321 g/mol. The van der Waals surface area contributed by atoms with Crippen molar-refractivity contribution < 1.29 is 13.4 Å². The van der Waals surface area contributed by atoms with Crippen LogP contribution in [0.4, 0.5) is 8.63 Å². The number of ketones is 1. The van der Waals surface area contributed by atoms with Gasteiger partial charge in [-0.15, -0.1) is 0 Å². The maximum absolute atomic E-state index is 13.4. The van der Waals surface area contributed by atoms with Gasteiger partial charge in [-0.1, -0.05) is 66.7 Å². The van der Waals surface area contributed by atoms with Crippen LogP contribution >= 0.6 is 0 Å². The molecular formula is C19H14BF2NO. The first kappa shape index (κ1) is 15.9. The van der Waals surface area contributed by atoms with E-state index in [1.807, 2.05) is 30.3 Å². The molecule has 0 unspecified atom stereocenters. The van der Waals surface area contributed by atoms with E-state index in [0.29, 0.717) is 11.1 Å². The van der Waals surface area contributed by atoms with Crippen molar-refractivity contribution in [2.75, 3.05) is 0 Å². The number of benzene rings is 2. The van der Waals surface area contributed by atoms with Gasteiger partial charge in [0.25, 0.3) is 0 Å². The summed E-state index contributed by atoms with van der Waals surface area (Å²) in [6.45, 7) is 0. The van der Waals surface area contributed by atoms with Gasteiger partial charge in [0.15, 0.2) is 5.78 Å². The summed E-state index contributed by atoms with van der Waals surface area (Å²) >= 11 is 0. The minimum absolute atomic E-state index is 0.165. The summed E-state index contributed by atoms with van der Waals surface area (Å²) in [5.74, 6) is -0.308. The molecule has 0 aromatic heterocycles. The average Bonchev–Trinajstić information content (AvgIpc) is 2.63. The third-order valence-corrected chi connectivity index (χ3v) is 3.66. The van der Waals surface area contributed by atoms with Gasteiger partial charge in [0.05, 0.1) is 0 Å². The molecule has 0 N–H and O–H groups in total. The van der Waals surface area contributed by atoms with Crippen molar-refractivity contribution in [1.82, 2.24) is 4.81 Å². The first-order valence-corrected chi connectivity index (χ1v) is 7.48.